The number of rotatable bonds is 3. The molecule has 0 aliphatic carbocycles. The number of hydrogen-bond acceptors (Lipinski definition) is 3. The van der Waals surface area contributed by atoms with Crippen molar-refractivity contribution in [1.29, 1.82) is 0 Å². The maximum Gasteiger partial charge on any atom is 0.0962 e. The molecule has 4 heteroatoms. The van der Waals surface area contributed by atoms with Crippen LogP contribution in [-0.2, 0) is 4.75 Å². The van der Waals surface area contributed by atoms with Crippen LogP contribution in [0.15, 0.2) is 24.5 Å². The number of thiocarbonyl (C=S) groups is 1. The molecule has 1 aliphatic rings. The molecule has 0 saturated carbocycles. The molecule has 2 nitrogen and oxygen atoms in total. The number of hydrogen-bond donors (Lipinski definition) is 1. The first-order valence-corrected chi connectivity index (χ1v) is 7.52. The van der Waals surface area contributed by atoms with Gasteiger partial charge in [0.15, 0.2) is 0 Å². The summed E-state index contributed by atoms with van der Waals surface area (Å²) >= 11 is 7.58. The smallest absolute Gasteiger partial charge is 0.0962 e. The van der Waals surface area contributed by atoms with Crippen molar-refractivity contribution in [2.45, 2.75) is 30.9 Å². The summed E-state index contributed by atoms with van der Waals surface area (Å²) in [4.78, 5) is 5.22. The third kappa shape index (κ3) is 2.63. The first-order valence-electron chi connectivity index (χ1n) is 6.12. The first-order chi connectivity index (χ1) is 8.29. The van der Waals surface area contributed by atoms with Gasteiger partial charge in [0.25, 0.3) is 0 Å². The minimum Gasteiger partial charge on any atom is -0.378 e. The lowest BCUT2D eigenvalue weighted by Crippen LogP contribution is -2.42. The van der Waals surface area contributed by atoms with Crippen LogP contribution in [-0.4, -0.2) is 22.3 Å². The second-order valence-electron chi connectivity index (χ2n) is 4.23. The Balaban J connectivity index is 2.33. The predicted molar refractivity (Wildman–Crippen MR) is 78.5 cm³/mol. The van der Waals surface area contributed by atoms with Crippen LogP contribution in [0, 0.1) is 0 Å². The summed E-state index contributed by atoms with van der Waals surface area (Å²) in [6.07, 6.45) is 7.44. The Morgan fingerprint density at radius 3 is 3.06 bits per heavy atom. The van der Waals surface area contributed by atoms with Crippen LogP contribution in [0.1, 0.15) is 31.7 Å². The average molecular weight is 266 g/mol. The van der Waals surface area contributed by atoms with E-state index in [2.05, 4.69) is 23.3 Å². The number of nitrogens with zero attached hydrogens (tertiary/aromatic N) is 1. The van der Waals surface area contributed by atoms with Crippen LogP contribution in [0.3, 0.4) is 0 Å². The minimum atomic E-state index is -0.0438. The molecule has 0 aromatic carbocycles. The second-order valence-corrected chi connectivity index (χ2v) is 6.04. The molecule has 1 unspecified atom stereocenters. The van der Waals surface area contributed by atoms with Crippen LogP contribution < -0.4 is 5.32 Å². The summed E-state index contributed by atoms with van der Waals surface area (Å²) in [5.74, 6) is 1.18. The van der Waals surface area contributed by atoms with Crippen molar-refractivity contribution < 1.29 is 0 Å². The van der Waals surface area contributed by atoms with E-state index in [1.54, 1.807) is 0 Å². The van der Waals surface area contributed by atoms with E-state index in [1.165, 1.54) is 24.2 Å². The van der Waals surface area contributed by atoms with Crippen LogP contribution in [0.5, 0.6) is 0 Å². The Hall–Kier alpha value is -0.610. The monoisotopic (exact) mass is 266 g/mol. The zero-order valence-corrected chi connectivity index (χ0v) is 11.7. The van der Waals surface area contributed by atoms with Crippen molar-refractivity contribution in [2.24, 2.45) is 0 Å². The number of likely N-dealkylation sites (N-methyl/N-ethyl adjacent to an activating group) is 1. The molecule has 17 heavy (non-hydrogen) atoms. The van der Waals surface area contributed by atoms with E-state index in [0.717, 1.165) is 18.0 Å². The molecule has 0 spiro atoms. The summed E-state index contributed by atoms with van der Waals surface area (Å²) < 4.78 is -0.0438. The molecule has 0 radical (unpaired) electrons. The fraction of sp³-hybridized carbons (Fsp3) is 0.538. The fourth-order valence-corrected chi connectivity index (χ4v) is 4.25. The number of thioether (sulfide) groups is 1. The van der Waals surface area contributed by atoms with Crippen molar-refractivity contribution in [3.8, 4) is 0 Å². The Labute approximate surface area is 113 Å². The molecule has 2 rings (SSSR count). The van der Waals surface area contributed by atoms with E-state index in [9.17, 15) is 0 Å². The van der Waals surface area contributed by atoms with Gasteiger partial charge in [-0.05, 0) is 37.1 Å². The minimum absolute atomic E-state index is 0.0438. The lowest BCUT2D eigenvalue weighted by molar-refractivity contribution is 0.617. The highest BCUT2D eigenvalue weighted by atomic mass is 32.2. The van der Waals surface area contributed by atoms with Crippen LogP contribution >= 0.6 is 24.0 Å². The predicted octanol–water partition coefficient (Wildman–Crippen LogP) is 3.13. The normalized spacial score (nSPS) is 24.3. The van der Waals surface area contributed by atoms with E-state index in [-0.39, 0.29) is 4.75 Å². The maximum atomic E-state index is 5.61. The summed E-state index contributed by atoms with van der Waals surface area (Å²) in [6.45, 7) is 2.98. The molecule has 2 heterocycles. The molecule has 1 saturated heterocycles. The zero-order chi connectivity index (χ0) is 12.1. The quantitative estimate of drug-likeness (QED) is 0.850. The molecule has 1 N–H and O–H groups in total. The van der Waals surface area contributed by atoms with Gasteiger partial charge in [-0.25, -0.2) is 0 Å². The molecular formula is C13H18N2S2. The van der Waals surface area contributed by atoms with Crippen LogP contribution in [0.4, 0.5) is 0 Å². The van der Waals surface area contributed by atoms with Gasteiger partial charge < -0.3 is 5.32 Å². The van der Waals surface area contributed by atoms with Gasteiger partial charge in [-0.2, -0.15) is 0 Å². The topological polar surface area (TPSA) is 24.9 Å². The Kier molecular flexibility index (Phi) is 4.40. The Morgan fingerprint density at radius 2 is 2.47 bits per heavy atom. The van der Waals surface area contributed by atoms with E-state index < -0.39 is 0 Å². The Bertz CT molecular complexity index is 372. The third-order valence-electron chi connectivity index (χ3n) is 3.10. The van der Waals surface area contributed by atoms with Gasteiger partial charge in [-0.3, -0.25) is 4.98 Å². The van der Waals surface area contributed by atoms with E-state index >= 15 is 0 Å². The van der Waals surface area contributed by atoms with Gasteiger partial charge in [0.2, 0.25) is 0 Å². The van der Waals surface area contributed by atoms with Crippen molar-refractivity contribution in [1.82, 2.24) is 10.3 Å². The maximum absolute atomic E-state index is 5.61. The summed E-state index contributed by atoms with van der Waals surface area (Å²) in [5, 5.41) is 3.34. The Morgan fingerprint density at radius 1 is 1.59 bits per heavy atom. The molecule has 1 aromatic heterocycles. The largest absolute Gasteiger partial charge is 0.378 e. The van der Waals surface area contributed by atoms with Gasteiger partial charge in [-0.15, -0.1) is 11.8 Å². The number of aromatic nitrogens is 1. The van der Waals surface area contributed by atoms with Crippen LogP contribution in [0.2, 0.25) is 0 Å². The van der Waals surface area contributed by atoms with Gasteiger partial charge in [0.05, 0.1) is 9.74 Å². The SMILES string of the molecule is CCNC(=S)C1(c2cccnc2)CCCCS1. The van der Waals surface area contributed by atoms with E-state index in [0.29, 0.717) is 0 Å². The van der Waals surface area contributed by atoms with E-state index in [4.69, 9.17) is 12.2 Å². The zero-order valence-electron chi connectivity index (χ0n) is 10.1. The van der Waals surface area contributed by atoms with Gasteiger partial charge in [0, 0.05) is 18.9 Å². The lowest BCUT2D eigenvalue weighted by Gasteiger charge is -2.37. The molecule has 0 bridgehead atoms. The molecule has 1 fully saturated rings. The highest BCUT2D eigenvalue weighted by molar-refractivity contribution is 8.02. The van der Waals surface area contributed by atoms with Crippen molar-refractivity contribution in [2.75, 3.05) is 12.3 Å². The first kappa shape index (κ1) is 12.8. The number of pyridine rings is 1. The average Bonchev–Trinajstić information content (AvgIpc) is 2.41. The molecular weight excluding hydrogens is 248 g/mol. The molecule has 1 aliphatic heterocycles. The third-order valence-corrected chi connectivity index (χ3v) is 5.36. The number of nitrogens with one attached hydrogen (secondary N) is 1. The fourth-order valence-electron chi connectivity index (χ4n) is 2.24. The molecule has 92 valence electrons. The summed E-state index contributed by atoms with van der Waals surface area (Å²) in [7, 11) is 0. The lowest BCUT2D eigenvalue weighted by atomic mass is 9.93. The van der Waals surface area contributed by atoms with Crippen LogP contribution in [0.25, 0.3) is 0 Å². The van der Waals surface area contributed by atoms with Gasteiger partial charge in [0.1, 0.15) is 0 Å². The molecule has 1 aromatic rings. The van der Waals surface area contributed by atoms with Gasteiger partial charge >= 0.3 is 0 Å². The summed E-state index contributed by atoms with van der Waals surface area (Å²) in [5.41, 5.74) is 1.25. The van der Waals surface area contributed by atoms with Gasteiger partial charge in [-0.1, -0.05) is 24.7 Å². The van der Waals surface area contributed by atoms with Crippen molar-refractivity contribution >= 4 is 29.0 Å². The molecule has 0 amide bonds. The highest BCUT2D eigenvalue weighted by Gasteiger charge is 2.38. The molecule has 1 atom stereocenters. The standard InChI is InChI=1S/C13H18N2S2/c1-2-15-12(16)13(7-3-4-9-17-13)11-6-5-8-14-10-11/h5-6,8,10H,2-4,7,9H2,1H3,(H,15,16). The highest BCUT2D eigenvalue weighted by Crippen LogP contribution is 2.45. The van der Waals surface area contributed by atoms with Crippen molar-refractivity contribution in [3.63, 3.8) is 0 Å². The second kappa shape index (κ2) is 5.83. The summed E-state index contributed by atoms with van der Waals surface area (Å²) in [6, 6.07) is 4.15. The van der Waals surface area contributed by atoms with E-state index in [1.807, 2.05) is 30.2 Å². The van der Waals surface area contributed by atoms with Crippen molar-refractivity contribution in [3.05, 3.63) is 30.1 Å².